The van der Waals surface area contributed by atoms with Crippen LogP contribution in [0.4, 0.5) is 4.79 Å². The first-order valence-corrected chi connectivity index (χ1v) is 7.73. The summed E-state index contributed by atoms with van der Waals surface area (Å²) >= 11 is 0. The minimum atomic E-state index is -0.0556. The van der Waals surface area contributed by atoms with Crippen LogP contribution in [0.3, 0.4) is 0 Å². The molecule has 1 fully saturated rings. The van der Waals surface area contributed by atoms with Crippen molar-refractivity contribution in [1.82, 2.24) is 15.5 Å². The van der Waals surface area contributed by atoms with Crippen molar-refractivity contribution in [2.75, 3.05) is 32.7 Å². The number of benzene rings is 1. The molecular formula is C17H25N3O. The predicted octanol–water partition coefficient (Wildman–Crippen LogP) is 2.34. The highest BCUT2D eigenvalue weighted by Gasteiger charge is 2.21. The molecule has 1 heterocycles. The van der Waals surface area contributed by atoms with Crippen molar-refractivity contribution in [2.24, 2.45) is 5.92 Å². The van der Waals surface area contributed by atoms with Crippen molar-refractivity contribution in [3.8, 4) is 0 Å². The number of hydrogen-bond acceptors (Lipinski definition) is 2. The Labute approximate surface area is 127 Å². The quantitative estimate of drug-likeness (QED) is 0.843. The van der Waals surface area contributed by atoms with E-state index in [1.54, 1.807) is 0 Å². The minimum absolute atomic E-state index is 0.0556. The van der Waals surface area contributed by atoms with Crippen LogP contribution in [-0.2, 0) is 0 Å². The zero-order chi connectivity index (χ0) is 14.9. The normalized spacial score (nSPS) is 19.0. The lowest BCUT2D eigenvalue weighted by molar-refractivity contribution is 0.239. The SMILES string of the molecule is CCNC(=O)NC[C@@H]1CCN(C/C=C/c2ccccc2)C1. The van der Waals surface area contributed by atoms with Gasteiger partial charge in [-0.05, 0) is 31.4 Å². The number of hydrogen-bond donors (Lipinski definition) is 2. The fourth-order valence-electron chi connectivity index (χ4n) is 2.61. The Morgan fingerprint density at radius 1 is 1.33 bits per heavy atom. The monoisotopic (exact) mass is 287 g/mol. The van der Waals surface area contributed by atoms with E-state index in [4.69, 9.17) is 0 Å². The maximum atomic E-state index is 11.4. The van der Waals surface area contributed by atoms with Crippen molar-refractivity contribution < 1.29 is 4.79 Å². The number of urea groups is 1. The molecule has 2 amide bonds. The zero-order valence-electron chi connectivity index (χ0n) is 12.7. The predicted molar refractivity (Wildman–Crippen MR) is 87.1 cm³/mol. The van der Waals surface area contributed by atoms with Crippen LogP contribution in [-0.4, -0.2) is 43.7 Å². The first-order chi connectivity index (χ1) is 10.3. The molecule has 0 spiro atoms. The summed E-state index contributed by atoms with van der Waals surface area (Å²) in [6, 6.07) is 10.3. The molecule has 0 aliphatic carbocycles. The Balaban J connectivity index is 1.66. The summed E-state index contributed by atoms with van der Waals surface area (Å²) in [4.78, 5) is 13.8. The molecule has 0 unspecified atom stereocenters. The number of amides is 2. The van der Waals surface area contributed by atoms with Crippen LogP contribution in [0.2, 0.25) is 0 Å². The van der Waals surface area contributed by atoms with Gasteiger partial charge in [0.05, 0.1) is 0 Å². The molecule has 4 heteroatoms. The van der Waals surface area contributed by atoms with E-state index in [9.17, 15) is 4.79 Å². The molecule has 0 saturated carbocycles. The molecule has 1 aliphatic rings. The molecule has 114 valence electrons. The summed E-state index contributed by atoms with van der Waals surface area (Å²) in [6.07, 6.45) is 5.54. The number of carbonyl (C=O) groups is 1. The van der Waals surface area contributed by atoms with Gasteiger partial charge in [0, 0.05) is 26.2 Å². The third-order valence-corrected chi connectivity index (χ3v) is 3.73. The summed E-state index contributed by atoms with van der Waals surface area (Å²) in [5.41, 5.74) is 1.24. The maximum absolute atomic E-state index is 11.4. The second-order valence-electron chi connectivity index (χ2n) is 5.47. The van der Waals surface area contributed by atoms with Crippen molar-refractivity contribution in [2.45, 2.75) is 13.3 Å². The third-order valence-electron chi connectivity index (χ3n) is 3.73. The van der Waals surface area contributed by atoms with E-state index in [0.717, 1.165) is 32.6 Å². The molecule has 1 aromatic carbocycles. The van der Waals surface area contributed by atoms with Crippen LogP contribution in [0.15, 0.2) is 36.4 Å². The summed E-state index contributed by atoms with van der Waals surface area (Å²) < 4.78 is 0. The van der Waals surface area contributed by atoms with Gasteiger partial charge in [-0.15, -0.1) is 0 Å². The molecule has 2 N–H and O–H groups in total. The highest BCUT2D eigenvalue weighted by molar-refractivity contribution is 5.73. The summed E-state index contributed by atoms with van der Waals surface area (Å²) in [7, 11) is 0. The number of nitrogens with one attached hydrogen (secondary N) is 2. The van der Waals surface area contributed by atoms with Gasteiger partial charge in [-0.3, -0.25) is 4.90 Å². The second-order valence-corrected chi connectivity index (χ2v) is 5.47. The lowest BCUT2D eigenvalue weighted by atomic mass is 10.1. The van der Waals surface area contributed by atoms with Gasteiger partial charge in [-0.1, -0.05) is 42.5 Å². The average Bonchev–Trinajstić information content (AvgIpc) is 2.95. The van der Waals surface area contributed by atoms with Crippen LogP contribution < -0.4 is 10.6 Å². The highest BCUT2D eigenvalue weighted by Crippen LogP contribution is 2.15. The van der Waals surface area contributed by atoms with Gasteiger partial charge in [0.25, 0.3) is 0 Å². The van der Waals surface area contributed by atoms with Crippen molar-refractivity contribution in [1.29, 1.82) is 0 Å². The van der Waals surface area contributed by atoms with Crippen LogP contribution >= 0.6 is 0 Å². The third kappa shape index (κ3) is 5.60. The molecule has 21 heavy (non-hydrogen) atoms. The van der Waals surface area contributed by atoms with E-state index in [0.29, 0.717) is 12.5 Å². The molecule has 2 rings (SSSR count). The molecule has 0 radical (unpaired) electrons. The van der Waals surface area contributed by atoms with E-state index >= 15 is 0 Å². The van der Waals surface area contributed by atoms with Crippen LogP contribution in [0.25, 0.3) is 6.08 Å². The van der Waals surface area contributed by atoms with Gasteiger partial charge in [0.15, 0.2) is 0 Å². The minimum Gasteiger partial charge on any atom is -0.338 e. The van der Waals surface area contributed by atoms with E-state index in [2.05, 4.69) is 52.0 Å². The van der Waals surface area contributed by atoms with E-state index in [1.807, 2.05) is 13.0 Å². The van der Waals surface area contributed by atoms with E-state index in [-0.39, 0.29) is 6.03 Å². The summed E-state index contributed by atoms with van der Waals surface area (Å²) in [6.45, 7) is 6.52. The van der Waals surface area contributed by atoms with E-state index < -0.39 is 0 Å². The van der Waals surface area contributed by atoms with Crippen LogP contribution in [0, 0.1) is 5.92 Å². The van der Waals surface area contributed by atoms with Crippen molar-refractivity contribution in [3.05, 3.63) is 42.0 Å². The molecule has 4 nitrogen and oxygen atoms in total. The molecule has 0 bridgehead atoms. The van der Waals surface area contributed by atoms with Crippen LogP contribution in [0.1, 0.15) is 18.9 Å². The molecule has 0 aromatic heterocycles. The fourth-order valence-corrected chi connectivity index (χ4v) is 2.61. The smallest absolute Gasteiger partial charge is 0.314 e. The number of likely N-dealkylation sites (tertiary alicyclic amines) is 1. The summed E-state index contributed by atoms with van der Waals surface area (Å²) in [5.74, 6) is 0.567. The number of rotatable bonds is 6. The highest BCUT2D eigenvalue weighted by atomic mass is 16.2. The second kappa shape index (κ2) is 8.47. The molecule has 1 saturated heterocycles. The van der Waals surface area contributed by atoms with Gasteiger partial charge in [0.2, 0.25) is 0 Å². The van der Waals surface area contributed by atoms with Gasteiger partial charge >= 0.3 is 6.03 Å². The van der Waals surface area contributed by atoms with Crippen molar-refractivity contribution in [3.63, 3.8) is 0 Å². The Bertz CT molecular complexity index is 458. The van der Waals surface area contributed by atoms with Gasteiger partial charge in [0.1, 0.15) is 0 Å². The number of nitrogens with zero attached hydrogens (tertiary/aromatic N) is 1. The molecular weight excluding hydrogens is 262 g/mol. The number of carbonyl (C=O) groups excluding carboxylic acids is 1. The average molecular weight is 287 g/mol. The van der Waals surface area contributed by atoms with Gasteiger partial charge in [-0.2, -0.15) is 0 Å². The molecule has 1 atom stereocenters. The van der Waals surface area contributed by atoms with Crippen molar-refractivity contribution >= 4 is 12.1 Å². The Hall–Kier alpha value is -1.81. The Morgan fingerprint density at radius 3 is 2.90 bits per heavy atom. The standard InChI is InChI=1S/C17H25N3O/c1-2-18-17(21)19-13-16-10-12-20(14-16)11-6-9-15-7-4-3-5-8-15/h3-9,16H,2,10-14H2,1H3,(H2,18,19,21)/b9-6+/t16-/m0/s1. The first kappa shape index (κ1) is 15.6. The lowest BCUT2D eigenvalue weighted by Gasteiger charge is -2.14. The Kier molecular flexibility index (Phi) is 6.28. The Morgan fingerprint density at radius 2 is 2.14 bits per heavy atom. The fraction of sp³-hybridized carbons (Fsp3) is 0.471. The topological polar surface area (TPSA) is 44.4 Å². The largest absolute Gasteiger partial charge is 0.338 e. The summed E-state index contributed by atoms with van der Waals surface area (Å²) in [5, 5.41) is 5.69. The van der Waals surface area contributed by atoms with E-state index in [1.165, 1.54) is 5.56 Å². The lowest BCUT2D eigenvalue weighted by Crippen LogP contribution is -2.38. The zero-order valence-corrected chi connectivity index (χ0v) is 12.7. The van der Waals surface area contributed by atoms with Gasteiger partial charge in [-0.25, -0.2) is 4.79 Å². The first-order valence-electron chi connectivity index (χ1n) is 7.73. The van der Waals surface area contributed by atoms with Gasteiger partial charge < -0.3 is 10.6 Å². The van der Waals surface area contributed by atoms with Crippen LogP contribution in [0.5, 0.6) is 0 Å². The maximum Gasteiger partial charge on any atom is 0.314 e. The molecule has 1 aliphatic heterocycles. The molecule has 1 aromatic rings.